The maximum atomic E-state index is 13.2. The number of aryl methyl sites for hydroxylation is 1. The molecule has 17 heavy (non-hydrogen) atoms. The topological polar surface area (TPSA) is 22.0 Å². The smallest absolute Gasteiger partial charge is 0.151 e. The molecule has 0 aliphatic carbocycles. The summed E-state index contributed by atoms with van der Waals surface area (Å²) >= 11 is 6.05. The molecule has 0 atom stereocenters. The quantitative estimate of drug-likeness (QED) is 0.746. The van der Waals surface area contributed by atoms with Gasteiger partial charge < -0.3 is 4.57 Å². The van der Waals surface area contributed by atoms with Gasteiger partial charge in [0.2, 0.25) is 0 Å². The molecule has 0 aliphatic heterocycles. The molecule has 0 aliphatic rings. The standard InChI is InChI=1S/C13H11ClFNO/c1-8-5-10(7-17)9(2)16(8)13-6-11(15)3-4-12(13)14/h3-7H,1-2H3. The third kappa shape index (κ3) is 1.98. The van der Waals surface area contributed by atoms with Crippen LogP contribution in [0.4, 0.5) is 4.39 Å². The predicted molar refractivity (Wildman–Crippen MR) is 65.6 cm³/mol. The lowest BCUT2D eigenvalue weighted by Gasteiger charge is -2.11. The number of benzene rings is 1. The molecule has 0 radical (unpaired) electrons. The largest absolute Gasteiger partial charge is 0.316 e. The van der Waals surface area contributed by atoms with Gasteiger partial charge in [0.25, 0.3) is 0 Å². The summed E-state index contributed by atoms with van der Waals surface area (Å²) in [4.78, 5) is 10.9. The van der Waals surface area contributed by atoms with Crippen LogP contribution in [0.2, 0.25) is 5.02 Å². The number of hydrogen-bond donors (Lipinski definition) is 0. The first kappa shape index (κ1) is 11.9. The van der Waals surface area contributed by atoms with Crippen LogP contribution in [-0.2, 0) is 0 Å². The van der Waals surface area contributed by atoms with Crippen LogP contribution in [0.1, 0.15) is 21.7 Å². The zero-order valence-electron chi connectivity index (χ0n) is 9.50. The second kappa shape index (κ2) is 4.34. The molecular weight excluding hydrogens is 241 g/mol. The summed E-state index contributed by atoms with van der Waals surface area (Å²) in [6.45, 7) is 3.65. The van der Waals surface area contributed by atoms with Crippen LogP contribution in [0.15, 0.2) is 24.3 Å². The second-order valence-electron chi connectivity index (χ2n) is 3.88. The SMILES string of the molecule is Cc1cc(C=O)c(C)n1-c1cc(F)ccc1Cl. The number of aromatic nitrogens is 1. The van der Waals surface area contributed by atoms with Crippen LogP contribution < -0.4 is 0 Å². The fraction of sp³-hybridized carbons (Fsp3) is 0.154. The monoisotopic (exact) mass is 251 g/mol. The summed E-state index contributed by atoms with van der Waals surface area (Å²) in [5.74, 6) is -0.357. The Morgan fingerprint density at radius 2 is 2.00 bits per heavy atom. The molecule has 4 heteroatoms. The fourth-order valence-corrected chi connectivity index (χ4v) is 2.14. The lowest BCUT2D eigenvalue weighted by molar-refractivity contribution is 0.112. The summed E-state index contributed by atoms with van der Waals surface area (Å²) in [5.41, 5.74) is 2.74. The van der Waals surface area contributed by atoms with Crippen LogP contribution in [-0.4, -0.2) is 10.9 Å². The Bertz CT molecular complexity index is 589. The second-order valence-corrected chi connectivity index (χ2v) is 4.28. The highest BCUT2D eigenvalue weighted by Gasteiger charge is 2.13. The summed E-state index contributed by atoms with van der Waals surface area (Å²) in [5, 5.41) is 0.450. The van der Waals surface area contributed by atoms with Crippen LogP contribution in [0.25, 0.3) is 5.69 Å². The van der Waals surface area contributed by atoms with Crippen LogP contribution in [0.5, 0.6) is 0 Å². The van der Waals surface area contributed by atoms with Crippen molar-refractivity contribution in [3.8, 4) is 5.69 Å². The van der Waals surface area contributed by atoms with Gasteiger partial charge in [0.05, 0.1) is 10.7 Å². The summed E-state index contributed by atoms with van der Waals surface area (Å²) in [6.07, 6.45) is 0.784. The van der Waals surface area contributed by atoms with Crippen molar-refractivity contribution in [1.82, 2.24) is 4.57 Å². The van der Waals surface area contributed by atoms with Gasteiger partial charge in [-0.2, -0.15) is 0 Å². The number of halogens is 2. The summed E-state index contributed by atoms with van der Waals surface area (Å²) < 4.78 is 15.0. The molecule has 2 nitrogen and oxygen atoms in total. The minimum atomic E-state index is -0.357. The molecule has 1 aromatic carbocycles. The van der Waals surface area contributed by atoms with E-state index in [0.29, 0.717) is 16.3 Å². The van der Waals surface area contributed by atoms with E-state index in [-0.39, 0.29) is 5.82 Å². The van der Waals surface area contributed by atoms with Gasteiger partial charge >= 0.3 is 0 Å². The van der Waals surface area contributed by atoms with Crippen LogP contribution in [0, 0.1) is 19.7 Å². The van der Waals surface area contributed by atoms with Crippen molar-refractivity contribution < 1.29 is 9.18 Å². The molecule has 2 rings (SSSR count). The number of hydrogen-bond acceptors (Lipinski definition) is 1. The van der Waals surface area contributed by atoms with Gasteiger partial charge in [0.15, 0.2) is 6.29 Å². The maximum absolute atomic E-state index is 13.2. The average molecular weight is 252 g/mol. The van der Waals surface area contributed by atoms with E-state index in [4.69, 9.17) is 11.6 Å². The predicted octanol–water partition coefficient (Wildman–Crippen LogP) is 3.70. The zero-order valence-corrected chi connectivity index (χ0v) is 10.3. The molecule has 1 heterocycles. The maximum Gasteiger partial charge on any atom is 0.151 e. The van der Waals surface area contributed by atoms with Crippen molar-refractivity contribution in [3.63, 3.8) is 0 Å². The van der Waals surface area contributed by atoms with E-state index in [1.165, 1.54) is 18.2 Å². The highest BCUT2D eigenvalue weighted by atomic mass is 35.5. The van der Waals surface area contributed by atoms with Crippen molar-refractivity contribution in [1.29, 1.82) is 0 Å². The van der Waals surface area contributed by atoms with Gasteiger partial charge in [0.1, 0.15) is 5.82 Å². The molecule has 88 valence electrons. The number of carbonyl (C=O) groups is 1. The van der Waals surface area contributed by atoms with Crippen LogP contribution >= 0.6 is 11.6 Å². The molecule has 0 amide bonds. The Balaban J connectivity index is 2.72. The first-order chi connectivity index (χ1) is 8.04. The Morgan fingerprint density at radius 1 is 1.29 bits per heavy atom. The molecule has 2 aromatic rings. The van der Waals surface area contributed by atoms with Crippen molar-refractivity contribution >= 4 is 17.9 Å². The molecule has 0 spiro atoms. The van der Waals surface area contributed by atoms with Gasteiger partial charge in [0, 0.05) is 17.0 Å². The first-order valence-electron chi connectivity index (χ1n) is 5.14. The fourth-order valence-electron chi connectivity index (χ4n) is 1.93. The molecule has 1 aromatic heterocycles. The molecule has 0 N–H and O–H groups in total. The minimum absolute atomic E-state index is 0.357. The Hall–Kier alpha value is -1.61. The van der Waals surface area contributed by atoms with E-state index in [1.54, 1.807) is 17.6 Å². The van der Waals surface area contributed by atoms with E-state index in [2.05, 4.69) is 0 Å². The first-order valence-corrected chi connectivity index (χ1v) is 5.52. The molecular formula is C13H11ClFNO. The summed E-state index contributed by atoms with van der Waals surface area (Å²) in [7, 11) is 0. The van der Waals surface area contributed by atoms with Crippen molar-refractivity contribution in [2.45, 2.75) is 13.8 Å². The van der Waals surface area contributed by atoms with Gasteiger partial charge in [-0.25, -0.2) is 4.39 Å². The Kier molecular flexibility index (Phi) is 3.03. The molecule has 0 saturated carbocycles. The van der Waals surface area contributed by atoms with Gasteiger partial charge in [-0.05, 0) is 38.1 Å². The lowest BCUT2D eigenvalue weighted by Crippen LogP contribution is -2.01. The third-order valence-electron chi connectivity index (χ3n) is 2.75. The highest BCUT2D eigenvalue weighted by Crippen LogP contribution is 2.26. The minimum Gasteiger partial charge on any atom is -0.316 e. The number of rotatable bonds is 2. The Labute approximate surface area is 104 Å². The van der Waals surface area contributed by atoms with Gasteiger partial charge in [-0.3, -0.25) is 4.79 Å². The van der Waals surface area contributed by atoms with Crippen molar-refractivity contribution in [3.05, 3.63) is 52.1 Å². The molecule has 0 bridgehead atoms. The molecule has 0 fully saturated rings. The zero-order chi connectivity index (χ0) is 12.6. The highest BCUT2D eigenvalue weighted by molar-refractivity contribution is 6.32. The van der Waals surface area contributed by atoms with E-state index in [0.717, 1.165) is 17.7 Å². The van der Waals surface area contributed by atoms with E-state index in [9.17, 15) is 9.18 Å². The van der Waals surface area contributed by atoms with E-state index < -0.39 is 0 Å². The van der Waals surface area contributed by atoms with Gasteiger partial charge in [-0.1, -0.05) is 11.6 Å². The Morgan fingerprint density at radius 3 is 2.59 bits per heavy atom. The van der Waals surface area contributed by atoms with Crippen molar-refractivity contribution in [2.75, 3.05) is 0 Å². The van der Waals surface area contributed by atoms with E-state index in [1.807, 2.05) is 6.92 Å². The number of nitrogens with zero attached hydrogens (tertiary/aromatic N) is 1. The average Bonchev–Trinajstić information content (AvgIpc) is 2.58. The number of aldehydes is 1. The number of carbonyl (C=O) groups excluding carboxylic acids is 1. The molecule has 0 unspecified atom stereocenters. The van der Waals surface area contributed by atoms with Crippen LogP contribution in [0.3, 0.4) is 0 Å². The lowest BCUT2D eigenvalue weighted by atomic mass is 10.2. The normalized spacial score (nSPS) is 10.6. The van der Waals surface area contributed by atoms with E-state index >= 15 is 0 Å². The third-order valence-corrected chi connectivity index (χ3v) is 3.07. The molecule has 0 saturated heterocycles. The van der Waals surface area contributed by atoms with Crippen molar-refractivity contribution in [2.24, 2.45) is 0 Å². The summed E-state index contributed by atoms with van der Waals surface area (Å²) in [6, 6.07) is 5.92. The van der Waals surface area contributed by atoms with Gasteiger partial charge in [-0.15, -0.1) is 0 Å².